The van der Waals surface area contributed by atoms with Crippen molar-refractivity contribution in [2.45, 2.75) is 0 Å². The minimum Gasteiger partial charge on any atom is -0.266 e. The van der Waals surface area contributed by atoms with Gasteiger partial charge in [0.15, 0.2) is 0 Å². The molecule has 0 fully saturated rings. The number of aromatic nitrogens is 4. The molecule has 0 unspecified atom stereocenters. The van der Waals surface area contributed by atoms with Crippen LogP contribution in [0.4, 0.5) is 4.39 Å². The molecule has 0 spiro atoms. The van der Waals surface area contributed by atoms with E-state index in [1.807, 2.05) is 0 Å². The molecule has 3 aromatic heterocycles. The van der Waals surface area contributed by atoms with Gasteiger partial charge in [-0.25, -0.2) is 4.98 Å². The third kappa shape index (κ3) is 1.47. The number of pyridine rings is 2. The van der Waals surface area contributed by atoms with E-state index in [-0.39, 0.29) is 0 Å². The second-order valence-corrected chi connectivity index (χ2v) is 3.71. The molecule has 0 atom stereocenters. The highest BCUT2D eigenvalue weighted by atomic mass is 19.1. The highest BCUT2D eigenvalue weighted by Gasteiger charge is 2.14. The Bertz CT molecular complexity index is 690. The van der Waals surface area contributed by atoms with E-state index in [9.17, 15) is 4.39 Å². The first kappa shape index (κ1) is 9.89. The summed E-state index contributed by atoms with van der Waals surface area (Å²) in [6, 6.07) is 5.19. The second-order valence-electron chi connectivity index (χ2n) is 3.71. The van der Waals surface area contributed by atoms with Gasteiger partial charge in [0, 0.05) is 31.0 Å². The normalized spacial score (nSPS) is 10.9. The van der Waals surface area contributed by atoms with Crippen molar-refractivity contribution in [1.82, 2.24) is 19.7 Å². The molecule has 0 radical (unpaired) electrons. The van der Waals surface area contributed by atoms with E-state index in [0.717, 1.165) is 10.9 Å². The van der Waals surface area contributed by atoms with Crippen LogP contribution in [0.5, 0.6) is 0 Å². The van der Waals surface area contributed by atoms with Crippen LogP contribution in [0.2, 0.25) is 0 Å². The van der Waals surface area contributed by atoms with Gasteiger partial charge in [-0.2, -0.15) is 9.49 Å². The lowest BCUT2D eigenvalue weighted by Crippen LogP contribution is -1.96. The van der Waals surface area contributed by atoms with Crippen LogP contribution < -0.4 is 0 Å². The van der Waals surface area contributed by atoms with Gasteiger partial charge in [0.05, 0.1) is 16.8 Å². The van der Waals surface area contributed by atoms with Crippen molar-refractivity contribution in [2.75, 3.05) is 0 Å². The predicted molar refractivity (Wildman–Crippen MR) is 61.7 cm³/mol. The third-order valence-corrected chi connectivity index (χ3v) is 2.65. The maximum Gasteiger partial charge on any atom is 0.222 e. The van der Waals surface area contributed by atoms with Crippen LogP contribution in [-0.2, 0) is 7.05 Å². The Morgan fingerprint density at radius 3 is 2.94 bits per heavy atom. The maximum atomic E-state index is 13.7. The SMILES string of the molecule is Cn1nc2ccncc2c1-c1cccnc1F. The quantitative estimate of drug-likeness (QED) is 0.599. The molecule has 84 valence electrons. The smallest absolute Gasteiger partial charge is 0.222 e. The maximum absolute atomic E-state index is 13.7. The Kier molecular flexibility index (Phi) is 2.11. The molecule has 0 aliphatic rings. The van der Waals surface area contributed by atoms with Gasteiger partial charge in [0.1, 0.15) is 0 Å². The minimum absolute atomic E-state index is 0.436. The molecule has 0 bridgehead atoms. The minimum atomic E-state index is -0.499. The molecule has 3 rings (SSSR count). The molecule has 0 N–H and O–H groups in total. The fourth-order valence-electron chi connectivity index (χ4n) is 1.92. The number of fused-ring (bicyclic) bond motifs is 1. The van der Waals surface area contributed by atoms with Crippen LogP contribution in [0.15, 0.2) is 36.8 Å². The van der Waals surface area contributed by atoms with Crippen LogP contribution in [0, 0.1) is 5.95 Å². The molecule has 0 aromatic carbocycles. The van der Waals surface area contributed by atoms with Crippen molar-refractivity contribution >= 4 is 10.9 Å². The summed E-state index contributed by atoms with van der Waals surface area (Å²) >= 11 is 0. The zero-order valence-electron chi connectivity index (χ0n) is 9.13. The summed E-state index contributed by atoms with van der Waals surface area (Å²) in [7, 11) is 1.78. The second kappa shape index (κ2) is 3.62. The number of nitrogens with zero attached hydrogens (tertiary/aromatic N) is 4. The molecule has 0 aliphatic heterocycles. The van der Waals surface area contributed by atoms with Crippen molar-refractivity contribution < 1.29 is 4.39 Å². The summed E-state index contributed by atoms with van der Waals surface area (Å²) in [5.41, 5.74) is 1.92. The van der Waals surface area contributed by atoms with Gasteiger partial charge in [-0.1, -0.05) is 0 Å². The molecule has 17 heavy (non-hydrogen) atoms. The molecule has 0 amide bonds. The van der Waals surface area contributed by atoms with Crippen molar-refractivity contribution in [1.29, 1.82) is 0 Å². The highest BCUT2D eigenvalue weighted by Crippen LogP contribution is 2.28. The van der Waals surface area contributed by atoms with Crippen LogP contribution in [0.3, 0.4) is 0 Å². The first-order valence-electron chi connectivity index (χ1n) is 5.15. The lowest BCUT2D eigenvalue weighted by atomic mass is 10.1. The van der Waals surface area contributed by atoms with Crippen LogP contribution in [0.25, 0.3) is 22.2 Å². The van der Waals surface area contributed by atoms with Gasteiger partial charge in [0.25, 0.3) is 0 Å². The lowest BCUT2D eigenvalue weighted by Gasteiger charge is -2.02. The molecule has 5 heteroatoms. The number of hydrogen-bond acceptors (Lipinski definition) is 3. The highest BCUT2D eigenvalue weighted by molar-refractivity contribution is 5.92. The van der Waals surface area contributed by atoms with Crippen LogP contribution >= 0.6 is 0 Å². The van der Waals surface area contributed by atoms with Crippen LogP contribution in [0.1, 0.15) is 0 Å². The Hall–Kier alpha value is -2.30. The van der Waals surface area contributed by atoms with Crippen molar-refractivity contribution in [3.63, 3.8) is 0 Å². The predicted octanol–water partition coefficient (Wildman–Crippen LogP) is 2.17. The van der Waals surface area contributed by atoms with Gasteiger partial charge in [-0.15, -0.1) is 0 Å². The van der Waals surface area contributed by atoms with Crippen LogP contribution in [-0.4, -0.2) is 19.7 Å². The fraction of sp³-hybridized carbons (Fsp3) is 0.0833. The van der Waals surface area contributed by atoms with Gasteiger partial charge in [-0.3, -0.25) is 9.67 Å². The standard InChI is InChI=1S/C12H9FN4/c1-17-11(8-3-2-5-15-12(8)13)9-7-14-6-4-10(9)16-17/h2-7H,1H3. The topological polar surface area (TPSA) is 43.6 Å². The molecule has 0 saturated carbocycles. The molecule has 0 saturated heterocycles. The van der Waals surface area contributed by atoms with Crippen molar-refractivity contribution in [3.8, 4) is 11.3 Å². The van der Waals surface area contributed by atoms with E-state index in [0.29, 0.717) is 11.3 Å². The average Bonchev–Trinajstić information content (AvgIpc) is 2.66. The average molecular weight is 228 g/mol. The summed E-state index contributed by atoms with van der Waals surface area (Å²) in [4.78, 5) is 7.70. The lowest BCUT2D eigenvalue weighted by molar-refractivity contribution is 0.585. The van der Waals surface area contributed by atoms with E-state index in [1.54, 1.807) is 42.3 Å². The molecule has 4 nitrogen and oxygen atoms in total. The summed E-state index contributed by atoms with van der Waals surface area (Å²) in [6.07, 6.45) is 4.78. The Morgan fingerprint density at radius 1 is 1.24 bits per heavy atom. The van der Waals surface area contributed by atoms with Gasteiger partial charge in [-0.05, 0) is 18.2 Å². The third-order valence-electron chi connectivity index (χ3n) is 2.65. The van der Waals surface area contributed by atoms with Gasteiger partial charge >= 0.3 is 0 Å². The molecule has 3 aromatic rings. The number of aryl methyl sites for hydroxylation is 1. The summed E-state index contributed by atoms with van der Waals surface area (Å²) in [5.74, 6) is -0.499. The molecular weight excluding hydrogens is 219 g/mol. The van der Waals surface area contributed by atoms with E-state index >= 15 is 0 Å². The largest absolute Gasteiger partial charge is 0.266 e. The Morgan fingerprint density at radius 2 is 2.12 bits per heavy atom. The van der Waals surface area contributed by atoms with Gasteiger partial charge in [0.2, 0.25) is 5.95 Å². The summed E-state index contributed by atoms with van der Waals surface area (Å²) < 4.78 is 15.3. The number of rotatable bonds is 1. The zero-order valence-corrected chi connectivity index (χ0v) is 9.13. The number of halogens is 1. The first-order valence-corrected chi connectivity index (χ1v) is 5.15. The molecular formula is C12H9FN4. The van der Waals surface area contributed by atoms with E-state index in [1.165, 1.54) is 6.20 Å². The van der Waals surface area contributed by atoms with Crippen molar-refractivity contribution in [2.24, 2.45) is 7.05 Å². The molecule has 3 heterocycles. The molecule has 0 aliphatic carbocycles. The van der Waals surface area contributed by atoms with E-state index in [4.69, 9.17) is 0 Å². The zero-order chi connectivity index (χ0) is 11.8. The Labute approximate surface area is 96.7 Å². The monoisotopic (exact) mass is 228 g/mol. The number of hydrogen-bond donors (Lipinski definition) is 0. The summed E-state index contributed by atoms with van der Waals surface area (Å²) in [5, 5.41) is 5.13. The van der Waals surface area contributed by atoms with E-state index < -0.39 is 5.95 Å². The van der Waals surface area contributed by atoms with Crippen molar-refractivity contribution in [3.05, 3.63) is 42.7 Å². The van der Waals surface area contributed by atoms with Gasteiger partial charge < -0.3 is 0 Å². The Balaban J connectivity index is 2.38. The fourth-order valence-corrected chi connectivity index (χ4v) is 1.92. The summed E-state index contributed by atoms with van der Waals surface area (Å²) in [6.45, 7) is 0. The van der Waals surface area contributed by atoms with E-state index in [2.05, 4.69) is 15.1 Å². The first-order chi connectivity index (χ1) is 8.27.